The minimum absolute atomic E-state index is 0.282. The highest BCUT2D eigenvalue weighted by Crippen LogP contribution is 2.29. The van der Waals surface area contributed by atoms with Crippen LogP contribution in [0.3, 0.4) is 0 Å². The smallest absolute Gasteiger partial charge is 0.243 e. The molecule has 4 nitrogen and oxygen atoms in total. The third kappa shape index (κ3) is 3.36. The Bertz CT molecular complexity index is 584. The maximum atomic E-state index is 12.8. The molecule has 0 bridgehead atoms. The Morgan fingerprint density at radius 1 is 1.35 bits per heavy atom. The third-order valence-electron chi connectivity index (χ3n) is 3.31. The van der Waals surface area contributed by atoms with Gasteiger partial charge in [0.05, 0.1) is 11.5 Å². The van der Waals surface area contributed by atoms with Crippen LogP contribution in [-0.4, -0.2) is 39.0 Å². The van der Waals surface area contributed by atoms with Crippen LogP contribution >= 0.6 is 27.5 Å². The average molecular weight is 383 g/mol. The molecule has 1 fully saturated rings. The maximum Gasteiger partial charge on any atom is 0.243 e. The highest BCUT2D eigenvalue weighted by atomic mass is 79.9. The summed E-state index contributed by atoms with van der Waals surface area (Å²) in [6.45, 7) is 3.73. The van der Waals surface area contributed by atoms with Crippen LogP contribution < -0.4 is 0 Å². The van der Waals surface area contributed by atoms with Crippen LogP contribution in [-0.2, 0) is 20.6 Å². The quantitative estimate of drug-likeness (QED) is 0.755. The number of hydrogen-bond acceptors (Lipinski definition) is 3. The standard InChI is InChI=1S/C13H17BrClNO3S/c1-10-12(14)7-11(9-15)8-13(10)20(17,18)16-3-2-5-19-6-4-16/h7-8H,2-6,9H2,1H3. The second-order valence-corrected chi connectivity index (χ2v) is 7.73. The lowest BCUT2D eigenvalue weighted by Crippen LogP contribution is -2.33. The molecule has 0 saturated carbocycles. The summed E-state index contributed by atoms with van der Waals surface area (Å²) >= 11 is 9.24. The summed E-state index contributed by atoms with van der Waals surface area (Å²) in [6, 6.07) is 3.51. The molecule has 2 rings (SSSR count). The SMILES string of the molecule is Cc1c(Br)cc(CCl)cc1S(=O)(=O)N1CCCOCC1. The van der Waals surface area contributed by atoms with Gasteiger partial charge < -0.3 is 4.74 Å². The lowest BCUT2D eigenvalue weighted by molar-refractivity contribution is 0.148. The zero-order chi connectivity index (χ0) is 14.8. The predicted molar refractivity (Wildman–Crippen MR) is 82.6 cm³/mol. The first kappa shape index (κ1) is 16.2. The molecular weight excluding hydrogens is 366 g/mol. The highest BCUT2D eigenvalue weighted by molar-refractivity contribution is 9.10. The first-order valence-electron chi connectivity index (χ1n) is 6.39. The summed E-state index contributed by atoms with van der Waals surface area (Å²) in [5.74, 6) is 0.282. The lowest BCUT2D eigenvalue weighted by Gasteiger charge is -2.21. The fourth-order valence-electron chi connectivity index (χ4n) is 2.15. The van der Waals surface area contributed by atoms with Crippen molar-refractivity contribution in [3.05, 3.63) is 27.7 Å². The lowest BCUT2D eigenvalue weighted by atomic mass is 10.2. The molecule has 0 unspecified atom stereocenters. The van der Waals surface area contributed by atoms with Crippen molar-refractivity contribution >= 4 is 37.6 Å². The van der Waals surface area contributed by atoms with E-state index < -0.39 is 10.0 Å². The molecule has 0 spiro atoms. The Hall–Kier alpha value is -0.140. The predicted octanol–water partition coefficient (Wildman–Crippen LogP) is 2.91. The third-order valence-corrected chi connectivity index (χ3v) is 6.47. The second-order valence-electron chi connectivity index (χ2n) is 4.70. The fraction of sp³-hybridized carbons (Fsp3) is 0.538. The van der Waals surface area contributed by atoms with Crippen molar-refractivity contribution in [2.45, 2.75) is 24.1 Å². The number of hydrogen-bond donors (Lipinski definition) is 0. The van der Waals surface area contributed by atoms with Gasteiger partial charge in [-0.25, -0.2) is 8.42 Å². The Kier molecular flexibility index (Phi) is 5.48. The molecule has 1 saturated heterocycles. The summed E-state index contributed by atoms with van der Waals surface area (Å²) in [7, 11) is -3.51. The summed E-state index contributed by atoms with van der Waals surface area (Å²) in [5.41, 5.74) is 1.50. The van der Waals surface area contributed by atoms with Crippen LogP contribution in [0.1, 0.15) is 17.5 Å². The van der Waals surface area contributed by atoms with Gasteiger partial charge in [0.2, 0.25) is 10.0 Å². The number of nitrogens with zero attached hydrogens (tertiary/aromatic N) is 1. The highest BCUT2D eigenvalue weighted by Gasteiger charge is 2.27. The molecule has 0 aromatic heterocycles. The molecule has 1 heterocycles. The zero-order valence-electron chi connectivity index (χ0n) is 11.2. The summed E-state index contributed by atoms with van der Waals surface area (Å²) in [5, 5.41) is 0. The summed E-state index contributed by atoms with van der Waals surface area (Å²) < 4.78 is 33.2. The average Bonchev–Trinajstić information content (AvgIpc) is 2.70. The maximum absolute atomic E-state index is 12.8. The Labute approximate surface area is 133 Å². The largest absolute Gasteiger partial charge is 0.380 e. The van der Waals surface area contributed by atoms with Crippen LogP contribution in [0.5, 0.6) is 0 Å². The van der Waals surface area contributed by atoms with Gasteiger partial charge in [-0.1, -0.05) is 15.9 Å². The molecule has 1 aromatic carbocycles. The van der Waals surface area contributed by atoms with E-state index in [0.29, 0.717) is 43.2 Å². The van der Waals surface area contributed by atoms with Gasteiger partial charge in [0.15, 0.2) is 0 Å². The number of rotatable bonds is 3. The second kappa shape index (κ2) is 6.75. The number of halogens is 2. The van der Waals surface area contributed by atoms with E-state index in [0.717, 1.165) is 10.0 Å². The Balaban J connectivity index is 2.45. The Morgan fingerprint density at radius 3 is 2.80 bits per heavy atom. The van der Waals surface area contributed by atoms with Crippen LogP contribution in [0.15, 0.2) is 21.5 Å². The number of ether oxygens (including phenoxy) is 1. The molecular formula is C13H17BrClNO3S. The van der Waals surface area contributed by atoms with E-state index in [1.807, 2.05) is 6.07 Å². The van der Waals surface area contributed by atoms with E-state index in [1.165, 1.54) is 4.31 Å². The number of benzene rings is 1. The van der Waals surface area contributed by atoms with Crippen molar-refractivity contribution in [3.8, 4) is 0 Å². The van der Waals surface area contributed by atoms with Gasteiger partial charge in [0.25, 0.3) is 0 Å². The van der Waals surface area contributed by atoms with Crippen LogP contribution in [0, 0.1) is 6.92 Å². The van der Waals surface area contributed by atoms with Crippen molar-refractivity contribution in [2.75, 3.05) is 26.3 Å². The van der Waals surface area contributed by atoms with Crippen molar-refractivity contribution in [3.63, 3.8) is 0 Å². The van der Waals surface area contributed by atoms with Gasteiger partial charge in [-0.3, -0.25) is 0 Å². The first-order valence-corrected chi connectivity index (χ1v) is 9.16. The zero-order valence-corrected chi connectivity index (χ0v) is 14.4. The molecule has 1 aromatic rings. The fourth-order valence-corrected chi connectivity index (χ4v) is 4.71. The van der Waals surface area contributed by atoms with E-state index in [-0.39, 0.29) is 5.88 Å². The minimum atomic E-state index is -3.51. The summed E-state index contributed by atoms with van der Waals surface area (Å²) in [4.78, 5) is 0.324. The van der Waals surface area contributed by atoms with Crippen molar-refractivity contribution < 1.29 is 13.2 Å². The molecule has 0 aliphatic carbocycles. The van der Waals surface area contributed by atoms with Gasteiger partial charge in [0.1, 0.15) is 0 Å². The molecule has 1 aliphatic heterocycles. The van der Waals surface area contributed by atoms with E-state index in [2.05, 4.69) is 15.9 Å². The van der Waals surface area contributed by atoms with E-state index in [1.54, 1.807) is 13.0 Å². The van der Waals surface area contributed by atoms with Gasteiger partial charge in [-0.15, -0.1) is 11.6 Å². The first-order chi connectivity index (χ1) is 9.46. The van der Waals surface area contributed by atoms with Gasteiger partial charge >= 0.3 is 0 Å². The van der Waals surface area contributed by atoms with Crippen LogP contribution in [0.25, 0.3) is 0 Å². The number of sulfonamides is 1. The van der Waals surface area contributed by atoms with E-state index in [4.69, 9.17) is 16.3 Å². The van der Waals surface area contributed by atoms with Crippen molar-refractivity contribution in [1.29, 1.82) is 0 Å². The molecule has 0 atom stereocenters. The topological polar surface area (TPSA) is 46.6 Å². The Morgan fingerprint density at radius 2 is 2.10 bits per heavy atom. The normalized spacial score (nSPS) is 17.9. The van der Waals surface area contributed by atoms with Crippen LogP contribution in [0.2, 0.25) is 0 Å². The minimum Gasteiger partial charge on any atom is -0.380 e. The van der Waals surface area contributed by atoms with Crippen LogP contribution in [0.4, 0.5) is 0 Å². The molecule has 20 heavy (non-hydrogen) atoms. The van der Waals surface area contributed by atoms with Crippen molar-refractivity contribution in [2.24, 2.45) is 0 Å². The molecule has 7 heteroatoms. The molecule has 0 radical (unpaired) electrons. The molecule has 0 N–H and O–H groups in total. The van der Waals surface area contributed by atoms with Gasteiger partial charge in [-0.05, 0) is 36.6 Å². The van der Waals surface area contributed by atoms with E-state index >= 15 is 0 Å². The molecule has 0 amide bonds. The molecule has 112 valence electrons. The van der Waals surface area contributed by atoms with Crippen molar-refractivity contribution in [1.82, 2.24) is 4.31 Å². The number of alkyl halides is 1. The van der Waals surface area contributed by atoms with Gasteiger partial charge in [-0.2, -0.15) is 4.31 Å². The van der Waals surface area contributed by atoms with E-state index in [9.17, 15) is 8.42 Å². The molecule has 1 aliphatic rings. The van der Waals surface area contributed by atoms with Gasteiger partial charge in [0, 0.05) is 30.0 Å². The summed E-state index contributed by atoms with van der Waals surface area (Å²) in [6.07, 6.45) is 0.717. The monoisotopic (exact) mass is 381 g/mol.